The van der Waals surface area contributed by atoms with Crippen LogP contribution in [0.1, 0.15) is 50.0 Å². The van der Waals surface area contributed by atoms with E-state index in [0.717, 1.165) is 25.7 Å². The van der Waals surface area contributed by atoms with Gasteiger partial charge in [0.1, 0.15) is 17.2 Å². The van der Waals surface area contributed by atoms with Crippen molar-refractivity contribution < 1.29 is 12.9 Å². The van der Waals surface area contributed by atoms with E-state index in [2.05, 4.69) is 9.88 Å². The summed E-state index contributed by atoms with van der Waals surface area (Å²) < 4.78 is 31.6. The number of aryl methyl sites for hydroxylation is 1. The molecule has 1 saturated carbocycles. The van der Waals surface area contributed by atoms with Gasteiger partial charge in [-0.05, 0) is 19.8 Å². The van der Waals surface area contributed by atoms with Gasteiger partial charge in [-0.1, -0.05) is 30.8 Å². The molecule has 1 fully saturated rings. The summed E-state index contributed by atoms with van der Waals surface area (Å²) in [5.41, 5.74) is 6.31. The van der Waals surface area contributed by atoms with Gasteiger partial charge < -0.3 is 10.3 Å². The molecule has 0 atom stereocenters. The second-order valence-corrected chi connectivity index (χ2v) is 7.59. The van der Waals surface area contributed by atoms with Crippen molar-refractivity contribution >= 4 is 10.0 Å². The lowest BCUT2D eigenvalue weighted by Crippen LogP contribution is -2.49. The molecule has 3 N–H and O–H groups in total. The van der Waals surface area contributed by atoms with Crippen molar-refractivity contribution in [1.29, 1.82) is 0 Å². The zero-order valence-corrected chi connectivity index (χ0v) is 12.7. The van der Waals surface area contributed by atoms with Gasteiger partial charge in [-0.25, -0.2) is 13.1 Å². The normalized spacial score (nSPS) is 19.7. The molecule has 0 aliphatic heterocycles. The summed E-state index contributed by atoms with van der Waals surface area (Å²) in [4.78, 5) is 0. The summed E-state index contributed by atoms with van der Waals surface area (Å²) in [7, 11) is -3.42. The van der Waals surface area contributed by atoms with Crippen LogP contribution in [0.15, 0.2) is 10.6 Å². The minimum atomic E-state index is -3.42. The number of hydrogen-bond donors (Lipinski definition) is 2. The number of sulfonamides is 1. The Morgan fingerprint density at radius 3 is 2.55 bits per heavy atom. The molecule has 0 spiro atoms. The third kappa shape index (κ3) is 4.57. The third-order valence-corrected chi connectivity index (χ3v) is 5.02. The molecule has 1 aromatic rings. The van der Waals surface area contributed by atoms with E-state index in [-0.39, 0.29) is 5.75 Å². The molecule has 0 aromatic carbocycles. The van der Waals surface area contributed by atoms with Crippen molar-refractivity contribution in [3.05, 3.63) is 17.5 Å². The van der Waals surface area contributed by atoms with Crippen molar-refractivity contribution in [3.63, 3.8) is 0 Å². The van der Waals surface area contributed by atoms with Crippen LogP contribution in [0, 0.1) is 6.92 Å². The first-order chi connectivity index (χ1) is 9.39. The Morgan fingerprint density at radius 1 is 1.35 bits per heavy atom. The van der Waals surface area contributed by atoms with Crippen LogP contribution in [-0.4, -0.2) is 25.7 Å². The van der Waals surface area contributed by atoms with Gasteiger partial charge in [-0.15, -0.1) is 0 Å². The minimum Gasteiger partial charge on any atom is -0.361 e. The predicted molar refractivity (Wildman–Crippen MR) is 76.5 cm³/mol. The molecule has 1 heterocycles. The quantitative estimate of drug-likeness (QED) is 0.802. The molecule has 2 rings (SSSR count). The second-order valence-electron chi connectivity index (χ2n) is 5.79. The van der Waals surface area contributed by atoms with Gasteiger partial charge in [0.2, 0.25) is 10.0 Å². The maximum Gasteiger partial charge on any atom is 0.217 e. The molecule has 0 bridgehead atoms. The van der Waals surface area contributed by atoms with Crippen molar-refractivity contribution in [2.45, 2.75) is 56.7 Å². The van der Waals surface area contributed by atoms with Crippen LogP contribution in [0.25, 0.3) is 0 Å². The number of nitrogens with two attached hydrogens (primary N) is 1. The lowest BCUT2D eigenvalue weighted by molar-refractivity contribution is 0.368. The van der Waals surface area contributed by atoms with Crippen LogP contribution >= 0.6 is 0 Å². The van der Waals surface area contributed by atoms with E-state index in [0.29, 0.717) is 18.0 Å². The lowest BCUT2D eigenvalue weighted by atomic mass is 9.92. The smallest absolute Gasteiger partial charge is 0.217 e. The summed E-state index contributed by atoms with van der Waals surface area (Å²) in [6.07, 6.45) is 6.26. The summed E-state index contributed by atoms with van der Waals surface area (Å²) in [5.74, 6) is 0.440. The molecule has 7 heteroatoms. The van der Waals surface area contributed by atoms with Crippen LogP contribution in [0.2, 0.25) is 0 Å². The molecule has 20 heavy (non-hydrogen) atoms. The Bertz CT molecular complexity index is 531. The lowest BCUT2D eigenvalue weighted by Gasteiger charge is -2.28. The fraction of sp³-hybridized carbons (Fsp3) is 0.769. The number of nitrogens with one attached hydrogen (secondary N) is 1. The standard InChI is InChI=1S/C13H23N3O3S/c1-11-8-12(16-19-11)9-20(17,18)15-10-13(14)6-4-2-3-5-7-13/h8,15H,2-7,9-10,14H2,1H3. The SMILES string of the molecule is Cc1cc(CS(=O)(=O)NCC2(N)CCCCCC2)no1. The molecule has 1 aliphatic rings. The van der Waals surface area contributed by atoms with Crippen LogP contribution in [0.5, 0.6) is 0 Å². The zero-order chi connectivity index (χ0) is 14.6. The molecular formula is C13H23N3O3S. The summed E-state index contributed by atoms with van der Waals surface area (Å²) in [6, 6.07) is 1.63. The Hall–Kier alpha value is -0.920. The monoisotopic (exact) mass is 301 g/mol. The average molecular weight is 301 g/mol. The largest absolute Gasteiger partial charge is 0.361 e. The Balaban J connectivity index is 1.91. The van der Waals surface area contributed by atoms with Crippen molar-refractivity contribution in [1.82, 2.24) is 9.88 Å². The number of rotatable bonds is 5. The van der Waals surface area contributed by atoms with E-state index >= 15 is 0 Å². The summed E-state index contributed by atoms with van der Waals surface area (Å²) in [6.45, 7) is 2.03. The first kappa shape index (κ1) is 15.5. The summed E-state index contributed by atoms with van der Waals surface area (Å²) in [5, 5.41) is 3.70. The average Bonchev–Trinajstić information content (AvgIpc) is 2.63. The highest BCUT2D eigenvalue weighted by molar-refractivity contribution is 7.88. The van der Waals surface area contributed by atoms with Gasteiger partial charge in [0.25, 0.3) is 0 Å². The van der Waals surface area contributed by atoms with Gasteiger partial charge in [0.05, 0.1) is 0 Å². The van der Waals surface area contributed by atoms with E-state index in [9.17, 15) is 8.42 Å². The third-order valence-electron chi connectivity index (χ3n) is 3.76. The number of hydrogen-bond acceptors (Lipinski definition) is 5. The van der Waals surface area contributed by atoms with E-state index in [1.807, 2.05) is 0 Å². The van der Waals surface area contributed by atoms with Gasteiger partial charge in [-0.3, -0.25) is 0 Å². The highest BCUT2D eigenvalue weighted by atomic mass is 32.2. The Labute approximate surface area is 120 Å². The molecule has 0 unspecified atom stereocenters. The van der Waals surface area contributed by atoms with Gasteiger partial charge in [0, 0.05) is 18.2 Å². The molecule has 6 nitrogen and oxygen atoms in total. The van der Waals surface area contributed by atoms with Gasteiger partial charge >= 0.3 is 0 Å². The van der Waals surface area contributed by atoms with Crippen molar-refractivity contribution in [3.8, 4) is 0 Å². The van der Waals surface area contributed by atoms with Crippen molar-refractivity contribution in [2.75, 3.05) is 6.54 Å². The molecule has 0 saturated heterocycles. The summed E-state index contributed by atoms with van der Waals surface area (Å²) >= 11 is 0. The van der Waals surface area contributed by atoms with Gasteiger partial charge in [-0.2, -0.15) is 0 Å². The van der Waals surface area contributed by atoms with E-state index in [1.165, 1.54) is 12.8 Å². The van der Waals surface area contributed by atoms with E-state index in [1.54, 1.807) is 13.0 Å². The Morgan fingerprint density at radius 2 is 2.00 bits per heavy atom. The molecule has 114 valence electrons. The first-order valence-corrected chi connectivity index (χ1v) is 8.72. The first-order valence-electron chi connectivity index (χ1n) is 7.07. The fourth-order valence-electron chi connectivity index (χ4n) is 2.59. The number of nitrogens with zero attached hydrogens (tertiary/aromatic N) is 1. The van der Waals surface area contributed by atoms with Crippen molar-refractivity contribution in [2.24, 2.45) is 5.73 Å². The van der Waals surface area contributed by atoms with Gasteiger partial charge in [0.15, 0.2) is 0 Å². The molecule has 0 radical (unpaired) electrons. The topological polar surface area (TPSA) is 98.2 Å². The van der Waals surface area contributed by atoms with Crippen LogP contribution in [-0.2, 0) is 15.8 Å². The highest BCUT2D eigenvalue weighted by Gasteiger charge is 2.28. The van der Waals surface area contributed by atoms with Crippen LogP contribution < -0.4 is 10.5 Å². The fourth-order valence-corrected chi connectivity index (χ4v) is 3.73. The Kier molecular flexibility index (Phi) is 4.82. The maximum atomic E-state index is 12.0. The van der Waals surface area contributed by atoms with E-state index in [4.69, 9.17) is 10.3 Å². The highest BCUT2D eigenvalue weighted by Crippen LogP contribution is 2.24. The minimum absolute atomic E-state index is 0.166. The molecule has 1 aliphatic carbocycles. The molecule has 0 amide bonds. The second kappa shape index (κ2) is 6.24. The molecular weight excluding hydrogens is 278 g/mol. The predicted octanol–water partition coefficient (Wildman–Crippen LogP) is 1.45. The van der Waals surface area contributed by atoms with Crippen LogP contribution in [0.3, 0.4) is 0 Å². The maximum absolute atomic E-state index is 12.0. The van der Waals surface area contributed by atoms with Crippen LogP contribution in [0.4, 0.5) is 0 Å². The number of aromatic nitrogens is 1. The van der Waals surface area contributed by atoms with E-state index < -0.39 is 15.6 Å². The zero-order valence-electron chi connectivity index (χ0n) is 11.9. The molecule has 1 aromatic heterocycles.